The van der Waals surface area contributed by atoms with Crippen LogP contribution in [-0.2, 0) is 0 Å². The van der Waals surface area contributed by atoms with Gasteiger partial charge in [-0.15, -0.1) is 0 Å². The van der Waals surface area contributed by atoms with Gasteiger partial charge in [0.15, 0.2) is 0 Å². The molecule has 1 aromatic rings. The summed E-state index contributed by atoms with van der Waals surface area (Å²) in [7, 11) is 0. The van der Waals surface area contributed by atoms with Gasteiger partial charge < -0.3 is 10.2 Å². The summed E-state index contributed by atoms with van der Waals surface area (Å²) in [4.78, 5) is 2.64. The summed E-state index contributed by atoms with van der Waals surface area (Å²) in [5.74, 6) is 0. The van der Waals surface area contributed by atoms with Crippen molar-refractivity contribution < 1.29 is 0 Å². The Kier molecular flexibility index (Phi) is 3.44. The zero-order valence-corrected chi connectivity index (χ0v) is 11.5. The lowest BCUT2D eigenvalue weighted by Gasteiger charge is -2.35. The molecule has 0 spiro atoms. The molecule has 2 fully saturated rings. The number of rotatable bonds is 2. The molecule has 2 aliphatic rings. The number of hydrogen-bond acceptors (Lipinski definition) is 3. The van der Waals surface area contributed by atoms with Crippen LogP contribution in [-0.4, -0.2) is 30.1 Å². The summed E-state index contributed by atoms with van der Waals surface area (Å²) in [6.45, 7) is 4.62. The van der Waals surface area contributed by atoms with E-state index in [1.807, 2.05) is 18.2 Å². The molecule has 0 aromatic heterocycles. The average molecular weight is 255 g/mol. The minimum absolute atomic E-state index is 0.562. The topological polar surface area (TPSA) is 39.1 Å². The van der Waals surface area contributed by atoms with Crippen molar-refractivity contribution in [2.24, 2.45) is 0 Å². The summed E-state index contributed by atoms with van der Waals surface area (Å²) in [5, 5.41) is 12.7. The first kappa shape index (κ1) is 12.5. The smallest absolute Gasteiger partial charge is 0.0992 e. The molecule has 0 radical (unpaired) electrons. The Morgan fingerprint density at radius 1 is 1.32 bits per heavy atom. The highest BCUT2D eigenvalue weighted by molar-refractivity contribution is 5.55. The third-order valence-corrected chi connectivity index (χ3v) is 4.55. The molecular weight excluding hydrogens is 234 g/mol. The van der Waals surface area contributed by atoms with Gasteiger partial charge in [-0.05, 0) is 56.8 Å². The Balaban J connectivity index is 1.70. The number of hydrogen-bond donors (Lipinski definition) is 1. The van der Waals surface area contributed by atoms with Gasteiger partial charge in [0.2, 0.25) is 0 Å². The van der Waals surface area contributed by atoms with Gasteiger partial charge in [0, 0.05) is 24.3 Å². The Hall–Kier alpha value is -1.53. The maximum Gasteiger partial charge on any atom is 0.0992 e. The summed E-state index contributed by atoms with van der Waals surface area (Å²) in [6, 6.07) is 9.47. The van der Waals surface area contributed by atoms with Crippen LogP contribution < -0.4 is 5.32 Å². The van der Waals surface area contributed by atoms with Crippen molar-refractivity contribution in [3.05, 3.63) is 29.3 Å². The van der Waals surface area contributed by atoms with Crippen molar-refractivity contribution in [2.45, 2.75) is 44.7 Å². The van der Waals surface area contributed by atoms with Gasteiger partial charge >= 0.3 is 0 Å². The van der Waals surface area contributed by atoms with Gasteiger partial charge in [0.05, 0.1) is 11.6 Å². The van der Waals surface area contributed by atoms with Crippen molar-refractivity contribution in [2.75, 3.05) is 18.4 Å². The average Bonchev–Trinajstić information content (AvgIpc) is 2.89. The second kappa shape index (κ2) is 5.22. The second-order valence-electron chi connectivity index (χ2n) is 5.84. The summed E-state index contributed by atoms with van der Waals surface area (Å²) in [5.41, 5.74) is 3.11. The molecule has 19 heavy (non-hydrogen) atoms. The molecule has 2 saturated heterocycles. The Morgan fingerprint density at radius 2 is 2.21 bits per heavy atom. The zero-order valence-electron chi connectivity index (χ0n) is 11.5. The summed E-state index contributed by atoms with van der Waals surface area (Å²) < 4.78 is 0. The van der Waals surface area contributed by atoms with E-state index in [-0.39, 0.29) is 0 Å². The van der Waals surface area contributed by atoms with Crippen LogP contribution in [0.2, 0.25) is 0 Å². The minimum Gasteiger partial charge on any atom is -0.382 e. The maximum absolute atomic E-state index is 9.00. The highest BCUT2D eigenvalue weighted by Gasteiger charge is 2.31. The van der Waals surface area contributed by atoms with Crippen molar-refractivity contribution in [1.29, 1.82) is 5.26 Å². The zero-order chi connectivity index (χ0) is 13.2. The third kappa shape index (κ3) is 2.59. The molecule has 3 nitrogen and oxygen atoms in total. The molecule has 0 saturated carbocycles. The molecule has 3 heteroatoms. The van der Waals surface area contributed by atoms with E-state index in [0.29, 0.717) is 6.04 Å². The number of fused-ring (bicyclic) bond motifs is 1. The van der Waals surface area contributed by atoms with Crippen LogP contribution in [0.15, 0.2) is 18.2 Å². The van der Waals surface area contributed by atoms with E-state index < -0.39 is 0 Å². The molecule has 0 bridgehead atoms. The Bertz CT molecular complexity index is 503. The standard InChI is InChI=1S/C16H21N3/c1-12-4-5-13(11-17)9-16(12)18-14-6-8-19-7-2-3-15(19)10-14/h4-5,9,14-15,18H,2-3,6-8,10H2,1H3. The van der Waals surface area contributed by atoms with Crippen molar-refractivity contribution in [3.8, 4) is 6.07 Å². The van der Waals surface area contributed by atoms with E-state index in [1.165, 1.54) is 44.3 Å². The van der Waals surface area contributed by atoms with Crippen LogP contribution in [0.25, 0.3) is 0 Å². The molecule has 1 aromatic carbocycles. The predicted octanol–water partition coefficient (Wildman–Crippen LogP) is 2.91. The monoisotopic (exact) mass is 255 g/mol. The van der Waals surface area contributed by atoms with Gasteiger partial charge in [0.1, 0.15) is 0 Å². The van der Waals surface area contributed by atoms with Crippen LogP contribution in [0, 0.1) is 18.3 Å². The number of nitrogens with zero attached hydrogens (tertiary/aromatic N) is 2. The van der Waals surface area contributed by atoms with Crippen LogP contribution in [0.1, 0.15) is 36.8 Å². The highest BCUT2D eigenvalue weighted by atomic mass is 15.2. The van der Waals surface area contributed by atoms with Gasteiger partial charge in [-0.25, -0.2) is 0 Å². The molecule has 100 valence electrons. The normalized spacial score (nSPS) is 26.7. The first-order chi connectivity index (χ1) is 9.26. The number of piperidine rings is 1. The van der Waals surface area contributed by atoms with E-state index in [9.17, 15) is 0 Å². The fourth-order valence-corrected chi connectivity index (χ4v) is 3.42. The fraction of sp³-hybridized carbons (Fsp3) is 0.562. The summed E-state index contributed by atoms with van der Waals surface area (Å²) in [6.07, 6.45) is 5.18. The number of nitriles is 1. The van der Waals surface area contributed by atoms with E-state index >= 15 is 0 Å². The van der Waals surface area contributed by atoms with Crippen molar-refractivity contribution in [1.82, 2.24) is 4.90 Å². The fourth-order valence-electron chi connectivity index (χ4n) is 3.42. The number of aryl methyl sites for hydroxylation is 1. The molecule has 1 N–H and O–H groups in total. The number of benzene rings is 1. The summed E-state index contributed by atoms with van der Waals surface area (Å²) >= 11 is 0. The first-order valence-electron chi connectivity index (χ1n) is 7.27. The van der Waals surface area contributed by atoms with Crippen molar-refractivity contribution >= 4 is 5.69 Å². The van der Waals surface area contributed by atoms with Gasteiger partial charge in [-0.3, -0.25) is 0 Å². The first-order valence-corrected chi connectivity index (χ1v) is 7.27. The third-order valence-electron chi connectivity index (χ3n) is 4.55. The van der Waals surface area contributed by atoms with Gasteiger partial charge in [0.25, 0.3) is 0 Å². The largest absolute Gasteiger partial charge is 0.382 e. The lowest BCUT2D eigenvalue weighted by Crippen LogP contribution is -2.42. The molecule has 2 atom stereocenters. The minimum atomic E-state index is 0.562. The maximum atomic E-state index is 9.00. The quantitative estimate of drug-likeness (QED) is 0.883. The molecular formula is C16H21N3. The Morgan fingerprint density at radius 3 is 3.05 bits per heavy atom. The van der Waals surface area contributed by atoms with E-state index in [0.717, 1.165) is 17.3 Å². The van der Waals surface area contributed by atoms with Crippen LogP contribution in [0.4, 0.5) is 5.69 Å². The van der Waals surface area contributed by atoms with E-state index in [1.54, 1.807) is 0 Å². The second-order valence-corrected chi connectivity index (χ2v) is 5.84. The molecule has 0 amide bonds. The van der Waals surface area contributed by atoms with Gasteiger partial charge in [-0.2, -0.15) is 5.26 Å². The molecule has 2 unspecified atom stereocenters. The van der Waals surface area contributed by atoms with Crippen LogP contribution in [0.3, 0.4) is 0 Å². The van der Waals surface area contributed by atoms with Crippen LogP contribution >= 0.6 is 0 Å². The van der Waals surface area contributed by atoms with Crippen LogP contribution in [0.5, 0.6) is 0 Å². The van der Waals surface area contributed by atoms with Gasteiger partial charge in [-0.1, -0.05) is 6.07 Å². The Labute approximate surface area is 115 Å². The lowest BCUT2D eigenvalue weighted by atomic mass is 9.97. The number of nitrogens with one attached hydrogen (secondary N) is 1. The SMILES string of the molecule is Cc1ccc(C#N)cc1NC1CCN2CCCC2C1. The predicted molar refractivity (Wildman–Crippen MR) is 77.1 cm³/mol. The molecule has 2 aliphatic heterocycles. The number of anilines is 1. The van der Waals surface area contributed by atoms with E-state index in [2.05, 4.69) is 23.2 Å². The van der Waals surface area contributed by atoms with E-state index in [4.69, 9.17) is 5.26 Å². The molecule has 3 rings (SSSR count). The highest BCUT2D eigenvalue weighted by Crippen LogP contribution is 2.29. The molecule has 2 heterocycles. The lowest BCUT2D eigenvalue weighted by molar-refractivity contribution is 0.188. The van der Waals surface area contributed by atoms with Crippen molar-refractivity contribution in [3.63, 3.8) is 0 Å². The molecule has 0 aliphatic carbocycles.